The molecule has 0 aromatic carbocycles. The van der Waals surface area contributed by atoms with Crippen LogP contribution in [0.1, 0.15) is 26.5 Å². The summed E-state index contributed by atoms with van der Waals surface area (Å²) in [7, 11) is 1.92. The Morgan fingerprint density at radius 2 is 2.20 bits per heavy atom. The maximum absolute atomic E-state index is 5.63. The van der Waals surface area contributed by atoms with Gasteiger partial charge in [0.25, 0.3) is 0 Å². The fourth-order valence-corrected chi connectivity index (χ4v) is 1.25. The average Bonchev–Trinajstić information content (AvgIpc) is 2.51. The molecule has 0 bridgehead atoms. The Morgan fingerprint density at radius 1 is 1.47 bits per heavy atom. The molecule has 0 radical (unpaired) electrons. The van der Waals surface area contributed by atoms with Gasteiger partial charge in [-0.05, 0) is 33.9 Å². The van der Waals surface area contributed by atoms with E-state index in [1.54, 1.807) is 0 Å². The van der Waals surface area contributed by atoms with Crippen LogP contribution in [0.5, 0.6) is 0 Å². The summed E-state index contributed by atoms with van der Waals surface area (Å²) in [5.74, 6) is 0. The molecule has 4 heteroatoms. The quantitative estimate of drug-likeness (QED) is 0.800. The molecule has 1 aromatic rings. The van der Waals surface area contributed by atoms with Gasteiger partial charge in [0.1, 0.15) is 0 Å². The van der Waals surface area contributed by atoms with Gasteiger partial charge in [0, 0.05) is 12.7 Å². The summed E-state index contributed by atoms with van der Waals surface area (Å²) < 4.78 is 7.54. The first-order chi connectivity index (χ1) is 7.01. The molecular formula is C11H21N3O. The van der Waals surface area contributed by atoms with Crippen LogP contribution in [0, 0.1) is 0 Å². The minimum absolute atomic E-state index is 0.0685. The Balaban J connectivity index is 2.31. The number of hydrogen-bond acceptors (Lipinski definition) is 3. The van der Waals surface area contributed by atoms with Crippen LogP contribution >= 0.6 is 0 Å². The second-order valence-electron chi connectivity index (χ2n) is 4.56. The van der Waals surface area contributed by atoms with Gasteiger partial charge in [0.15, 0.2) is 0 Å². The second kappa shape index (κ2) is 5.28. The molecule has 0 saturated heterocycles. The van der Waals surface area contributed by atoms with E-state index in [1.165, 1.54) is 0 Å². The molecule has 15 heavy (non-hydrogen) atoms. The van der Waals surface area contributed by atoms with Crippen molar-refractivity contribution in [1.82, 2.24) is 15.1 Å². The van der Waals surface area contributed by atoms with Crippen LogP contribution in [0.4, 0.5) is 0 Å². The highest BCUT2D eigenvalue weighted by Gasteiger charge is 2.09. The minimum atomic E-state index is -0.0685. The number of hydrogen-bond donors (Lipinski definition) is 1. The van der Waals surface area contributed by atoms with Crippen LogP contribution in [0.25, 0.3) is 0 Å². The van der Waals surface area contributed by atoms with Gasteiger partial charge in [-0.15, -0.1) is 0 Å². The molecule has 0 aliphatic rings. The van der Waals surface area contributed by atoms with Crippen LogP contribution < -0.4 is 5.32 Å². The number of rotatable bonds is 5. The van der Waals surface area contributed by atoms with Gasteiger partial charge in [0.05, 0.1) is 24.4 Å². The zero-order valence-corrected chi connectivity index (χ0v) is 10.1. The molecular weight excluding hydrogens is 190 g/mol. The SMILES string of the molecule is CNCc1ccn(CCOC(C)(C)C)n1. The highest BCUT2D eigenvalue weighted by molar-refractivity contribution is 4.97. The van der Waals surface area contributed by atoms with E-state index >= 15 is 0 Å². The highest BCUT2D eigenvalue weighted by atomic mass is 16.5. The smallest absolute Gasteiger partial charge is 0.0762 e. The third kappa shape index (κ3) is 4.95. The molecule has 0 spiro atoms. The van der Waals surface area contributed by atoms with Gasteiger partial charge < -0.3 is 10.1 Å². The molecule has 0 unspecified atom stereocenters. The fraction of sp³-hybridized carbons (Fsp3) is 0.727. The van der Waals surface area contributed by atoms with E-state index in [2.05, 4.69) is 31.2 Å². The van der Waals surface area contributed by atoms with Crippen LogP contribution in [0.15, 0.2) is 12.3 Å². The maximum atomic E-state index is 5.63. The van der Waals surface area contributed by atoms with Crippen LogP contribution in [-0.2, 0) is 17.8 Å². The van der Waals surface area contributed by atoms with E-state index in [1.807, 2.05) is 24.0 Å². The van der Waals surface area contributed by atoms with E-state index < -0.39 is 0 Å². The molecule has 0 amide bonds. The first-order valence-corrected chi connectivity index (χ1v) is 5.32. The lowest BCUT2D eigenvalue weighted by molar-refractivity contribution is -0.00792. The average molecular weight is 211 g/mol. The predicted octanol–water partition coefficient (Wildman–Crippen LogP) is 1.42. The number of nitrogens with one attached hydrogen (secondary N) is 1. The third-order valence-corrected chi connectivity index (χ3v) is 1.91. The lowest BCUT2D eigenvalue weighted by Crippen LogP contribution is -2.22. The summed E-state index contributed by atoms with van der Waals surface area (Å²) >= 11 is 0. The monoisotopic (exact) mass is 211 g/mol. The van der Waals surface area contributed by atoms with Crippen molar-refractivity contribution in [1.29, 1.82) is 0 Å². The summed E-state index contributed by atoms with van der Waals surface area (Å²) in [6.07, 6.45) is 1.98. The van der Waals surface area contributed by atoms with Gasteiger partial charge in [-0.1, -0.05) is 0 Å². The maximum Gasteiger partial charge on any atom is 0.0762 e. The molecule has 1 rings (SSSR count). The number of ether oxygens (including phenoxy) is 1. The lowest BCUT2D eigenvalue weighted by atomic mass is 10.2. The van der Waals surface area contributed by atoms with Gasteiger partial charge >= 0.3 is 0 Å². The Hall–Kier alpha value is -0.870. The largest absolute Gasteiger partial charge is 0.374 e. The normalized spacial score (nSPS) is 12.0. The van der Waals surface area contributed by atoms with Crippen LogP contribution in [-0.4, -0.2) is 29.0 Å². The molecule has 0 saturated carbocycles. The Morgan fingerprint density at radius 3 is 2.80 bits per heavy atom. The van der Waals surface area contributed by atoms with E-state index in [9.17, 15) is 0 Å². The fourth-order valence-electron chi connectivity index (χ4n) is 1.25. The van der Waals surface area contributed by atoms with Gasteiger partial charge in [-0.25, -0.2) is 0 Å². The van der Waals surface area contributed by atoms with Crippen molar-refractivity contribution in [3.63, 3.8) is 0 Å². The first kappa shape index (κ1) is 12.2. The third-order valence-electron chi connectivity index (χ3n) is 1.91. The van der Waals surface area contributed by atoms with Crippen molar-refractivity contribution < 1.29 is 4.74 Å². The topological polar surface area (TPSA) is 39.1 Å². The minimum Gasteiger partial charge on any atom is -0.374 e. The molecule has 0 fully saturated rings. The van der Waals surface area contributed by atoms with Crippen molar-refractivity contribution in [2.75, 3.05) is 13.7 Å². The Labute approximate surface area is 91.6 Å². The van der Waals surface area contributed by atoms with E-state index in [4.69, 9.17) is 4.74 Å². The van der Waals surface area contributed by atoms with Crippen molar-refractivity contribution in [2.45, 2.75) is 39.5 Å². The molecule has 0 aliphatic heterocycles. The zero-order chi connectivity index (χ0) is 11.3. The molecule has 86 valence electrons. The predicted molar refractivity (Wildman–Crippen MR) is 60.7 cm³/mol. The summed E-state index contributed by atoms with van der Waals surface area (Å²) in [4.78, 5) is 0. The van der Waals surface area contributed by atoms with Gasteiger partial charge in [-0.2, -0.15) is 5.10 Å². The zero-order valence-electron chi connectivity index (χ0n) is 10.1. The van der Waals surface area contributed by atoms with E-state index in [-0.39, 0.29) is 5.60 Å². The molecule has 4 nitrogen and oxygen atoms in total. The van der Waals surface area contributed by atoms with Crippen molar-refractivity contribution in [3.05, 3.63) is 18.0 Å². The van der Waals surface area contributed by atoms with Crippen molar-refractivity contribution in [3.8, 4) is 0 Å². The molecule has 1 heterocycles. The summed E-state index contributed by atoms with van der Waals surface area (Å²) in [6, 6.07) is 2.02. The Bertz CT molecular complexity index is 288. The summed E-state index contributed by atoms with van der Waals surface area (Å²) in [6.45, 7) is 8.49. The van der Waals surface area contributed by atoms with Crippen LogP contribution in [0.2, 0.25) is 0 Å². The number of aromatic nitrogens is 2. The van der Waals surface area contributed by atoms with E-state index in [0.29, 0.717) is 6.61 Å². The van der Waals surface area contributed by atoms with Gasteiger partial charge in [-0.3, -0.25) is 4.68 Å². The molecule has 1 N–H and O–H groups in total. The summed E-state index contributed by atoms with van der Waals surface area (Å²) in [5.41, 5.74) is 0.995. The molecule has 1 aromatic heterocycles. The van der Waals surface area contributed by atoms with Gasteiger partial charge in [0.2, 0.25) is 0 Å². The molecule has 0 atom stereocenters. The lowest BCUT2D eigenvalue weighted by Gasteiger charge is -2.19. The standard InChI is InChI=1S/C11H21N3O/c1-11(2,3)15-8-7-14-6-5-10(13-14)9-12-4/h5-6,12H,7-9H2,1-4H3. The Kier molecular flexibility index (Phi) is 4.29. The second-order valence-corrected chi connectivity index (χ2v) is 4.56. The first-order valence-electron chi connectivity index (χ1n) is 5.32. The van der Waals surface area contributed by atoms with Crippen molar-refractivity contribution >= 4 is 0 Å². The number of nitrogens with zero attached hydrogens (tertiary/aromatic N) is 2. The highest BCUT2D eigenvalue weighted by Crippen LogP contribution is 2.06. The summed E-state index contributed by atoms with van der Waals surface area (Å²) in [5, 5.41) is 7.46. The molecule has 0 aliphatic carbocycles. The van der Waals surface area contributed by atoms with Crippen molar-refractivity contribution in [2.24, 2.45) is 0 Å². The van der Waals surface area contributed by atoms with Crippen LogP contribution in [0.3, 0.4) is 0 Å². The van der Waals surface area contributed by atoms with E-state index in [0.717, 1.165) is 18.8 Å².